The van der Waals surface area contributed by atoms with Gasteiger partial charge in [-0.25, -0.2) is 0 Å². The lowest BCUT2D eigenvalue weighted by Crippen LogP contribution is -2.17. The third kappa shape index (κ3) is 2.61. The maximum atomic E-state index is 3.66. The Hall–Kier alpha value is -0.900. The Morgan fingerprint density at radius 3 is 1.38 bits per heavy atom. The number of halogens is 1. The average Bonchev–Trinajstić information content (AvgIpc) is 2.16. The summed E-state index contributed by atoms with van der Waals surface area (Å²) >= 11 is 3.66. The molecule has 0 aliphatic carbocycles. The van der Waals surface area contributed by atoms with Crippen LogP contribution in [0.3, 0.4) is 0 Å². The fraction of sp³-hybridized carbons (Fsp3) is 0.500. The first-order chi connectivity index (χ1) is 7.34. The zero-order valence-electron chi connectivity index (χ0n) is 10.9. The molecule has 0 saturated carbocycles. The highest BCUT2D eigenvalue weighted by Crippen LogP contribution is 2.37. The van der Waals surface area contributed by atoms with E-state index in [1.54, 1.807) is 0 Å². The molecule has 0 aliphatic rings. The smallest absolute Gasteiger partial charge is 0.0643 e. The van der Waals surface area contributed by atoms with Gasteiger partial charge in [-0.15, -0.1) is 0 Å². The fourth-order valence-electron chi connectivity index (χ4n) is 1.49. The van der Waals surface area contributed by atoms with E-state index in [1.165, 1.54) is 17.1 Å². The molecular formula is C12H20BrN3. The number of anilines is 3. The van der Waals surface area contributed by atoms with Crippen LogP contribution in [0.4, 0.5) is 17.1 Å². The quantitative estimate of drug-likeness (QED) is 0.846. The summed E-state index contributed by atoms with van der Waals surface area (Å²) in [7, 11) is 12.3. The zero-order valence-corrected chi connectivity index (χ0v) is 12.5. The first-order valence-corrected chi connectivity index (χ1v) is 5.99. The van der Waals surface area contributed by atoms with Gasteiger partial charge in [0.25, 0.3) is 0 Å². The number of rotatable bonds is 3. The predicted molar refractivity (Wildman–Crippen MR) is 77.1 cm³/mol. The molecule has 1 rings (SSSR count). The van der Waals surface area contributed by atoms with Crippen molar-refractivity contribution in [2.75, 3.05) is 57.0 Å². The molecule has 0 unspecified atom stereocenters. The van der Waals surface area contributed by atoms with Crippen molar-refractivity contribution < 1.29 is 0 Å². The third-order valence-electron chi connectivity index (χ3n) is 2.50. The summed E-state index contributed by atoms with van der Waals surface area (Å²) in [5, 5.41) is 0. The molecule has 4 heteroatoms. The second kappa shape index (κ2) is 4.95. The van der Waals surface area contributed by atoms with Gasteiger partial charge >= 0.3 is 0 Å². The van der Waals surface area contributed by atoms with E-state index < -0.39 is 0 Å². The van der Waals surface area contributed by atoms with Gasteiger partial charge in [0, 0.05) is 48.0 Å². The van der Waals surface area contributed by atoms with Crippen LogP contribution < -0.4 is 14.7 Å². The molecule has 0 spiro atoms. The number of hydrogen-bond acceptors (Lipinski definition) is 3. The van der Waals surface area contributed by atoms with Gasteiger partial charge in [-0.2, -0.15) is 0 Å². The van der Waals surface area contributed by atoms with Crippen LogP contribution in [0.25, 0.3) is 0 Å². The summed E-state index contributed by atoms with van der Waals surface area (Å²) in [5.41, 5.74) is 3.58. The monoisotopic (exact) mass is 285 g/mol. The molecule has 0 aromatic heterocycles. The molecule has 16 heavy (non-hydrogen) atoms. The van der Waals surface area contributed by atoms with E-state index in [4.69, 9.17) is 0 Å². The molecule has 0 saturated heterocycles. The van der Waals surface area contributed by atoms with E-state index in [0.29, 0.717) is 0 Å². The predicted octanol–water partition coefficient (Wildman–Crippen LogP) is 2.65. The lowest BCUT2D eigenvalue weighted by molar-refractivity contribution is 1.07. The van der Waals surface area contributed by atoms with Crippen LogP contribution in [0.5, 0.6) is 0 Å². The van der Waals surface area contributed by atoms with Gasteiger partial charge in [-0.1, -0.05) is 0 Å². The number of nitrogens with zero attached hydrogens (tertiary/aromatic N) is 3. The largest absolute Gasteiger partial charge is 0.378 e. The molecule has 90 valence electrons. The van der Waals surface area contributed by atoms with Gasteiger partial charge in [0.05, 0.1) is 15.8 Å². The van der Waals surface area contributed by atoms with Gasteiger partial charge in [-0.3, -0.25) is 0 Å². The molecule has 0 amide bonds. The van der Waals surface area contributed by atoms with Crippen molar-refractivity contribution in [1.29, 1.82) is 0 Å². The molecule has 3 nitrogen and oxygen atoms in total. The standard InChI is InChI=1S/C12H20BrN3/c1-14(2)9-7-10(15(3)4)12(13)11(8-9)16(5)6/h7-8H,1-6H3. The van der Waals surface area contributed by atoms with E-state index in [2.05, 4.69) is 85.0 Å². The number of hydrogen-bond donors (Lipinski definition) is 0. The zero-order chi connectivity index (χ0) is 12.5. The van der Waals surface area contributed by atoms with Crippen molar-refractivity contribution in [3.63, 3.8) is 0 Å². The van der Waals surface area contributed by atoms with Gasteiger partial charge in [-0.05, 0) is 28.1 Å². The molecule has 0 radical (unpaired) electrons. The van der Waals surface area contributed by atoms with Gasteiger partial charge < -0.3 is 14.7 Å². The summed E-state index contributed by atoms with van der Waals surface area (Å²) in [6, 6.07) is 4.36. The van der Waals surface area contributed by atoms with Gasteiger partial charge in [0.15, 0.2) is 0 Å². The Balaban J connectivity index is 3.39. The van der Waals surface area contributed by atoms with E-state index in [0.717, 1.165) is 4.47 Å². The normalized spacial score (nSPS) is 10.2. The highest BCUT2D eigenvalue weighted by Gasteiger charge is 2.12. The van der Waals surface area contributed by atoms with Crippen LogP contribution >= 0.6 is 15.9 Å². The highest BCUT2D eigenvalue weighted by molar-refractivity contribution is 9.10. The van der Waals surface area contributed by atoms with Crippen molar-refractivity contribution >= 4 is 33.0 Å². The Morgan fingerprint density at radius 1 is 0.750 bits per heavy atom. The number of benzene rings is 1. The molecule has 0 fully saturated rings. The third-order valence-corrected chi connectivity index (χ3v) is 3.31. The first-order valence-electron chi connectivity index (χ1n) is 5.20. The fourth-order valence-corrected chi connectivity index (χ4v) is 2.43. The van der Waals surface area contributed by atoms with Crippen LogP contribution in [0.2, 0.25) is 0 Å². The van der Waals surface area contributed by atoms with Gasteiger partial charge in [0.2, 0.25) is 0 Å². The molecule has 0 aliphatic heterocycles. The molecule has 0 heterocycles. The Morgan fingerprint density at radius 2 is 1.12 bits per heavy atom. The summed E-state index contributed by atoms with van der Waals surface area (Å²) in [6.07, 6.45) is 0. The minimum atomic E-state index is 1.13. The molecule has 0 N–H and O–H groups in total. The summed E-state index contributed by atoms with van der Waals surface area (Å²) in [6.45, 7) is 0. The second-order valence-corrected chi connectivity index (χ2v) is 5.27. The van der Waals surface area contributed by atoms with Crippen LogP contribution in [-0.2, 0) is 0 Å². The minimum absolute atomic E-state index is 1.13. The first kappa shape index (κ1) is 13.2. The summed E-state index contributed by atoms with van der Waals surface area (Å²) < 4.78 is 1.13. The topological polar surface area (TPSA) is 9.72 Å². The summed E-state index contributed by atoms with van der Waals surface area (Å²) in [4.78, 5) is 6.35. The van der Waals surface area contributed by atoms with Crippen molar-refractivity contribution in [3.05, 3.63) is 16.6 Å². The van der Waals surface area contributed by atoms with Crippen molar-refractivity contribution in [1.82, 2.24) is 0 Å². The molecule has 0 atom stereocenters. The summed E-state index contributed by atoms with van der Waals surface area (Å²) in [5.74, 6) is 0. The second-order valence-electron chi connectivity index (χ2n) is 4.48. The van der Waals surface area contributed by atoms with Crippen molar-refractivity contribution in [2.24, 2.45) is 0 Å². The highest BCUT2D eigenvalue weighted by atomic mass is 79.9. The van der Waals surface area contributed by atoms with E-state index >= 15 is 0 Å². The lowest BCUT2D eigenvalue weighted by atomic mass is 10.2. The van der Waals surface area contributed by atoms with Crippen LogP contribution in [0.15, 0.2) is 16.6 Å². The molecule has 0 bridgehead atoms. The average molecular weight is 286 g/mol. The van der Waals surface area contributed by atoms with Crippen LogP contribution in [-0.4, -0.2) is 42.3 Å². The maximum absolute atomic E-state index is 3.66. The van der Waals surface area contributed by atoms with Gasteiger partial charge in [0.1, 0.15) is 0 Å². The van der Waals surface area contributed by atoms with E-state index in [9.17, 15) is 0 Å². The van der Waals surface area contributed by atoms with E-state index in [-0.39, 0.29) is 0 Å². The van der Waals surface area contributed by atoms with Crippen LogP contribution in [0, 0.1) is 0 Å². The van der Waals surface area contributed by atoms with Crippen molar-refractivity contribution in [2.45, 2.75) is 0 Å². The van der Waals surface area contributed by atoms with Crippen molar-refractivity contribution in [3.8, 4) is 0 Å². The Bertz CT molecular complexity index is 344. The van der Waals surface area contributed by atoms with Crippen LogP contribution in [0.1, 0.15) is 0 Å². The van der Waals surface area contributed by atoms with E-state index in [1.807, 2.05) is 0 Å². The maximum Gasteiger partial charge on any atom is 0.0643 e. The SMILES string of the molecule is CN(C)c1cc(N(C)C)c(Br)c(N(C)C)c1. The molecule has 1 aromatic rings. The molecular weight excluding hydrogens is 266 g/mol. The molecule has 1 aromatic carbocycles. The Kier molecular flexibility index (Phi) is 4.08. The lowest BCUT2D eigenvalue weighted by Gasteiger charge is -2.25. The minimum Gasteiger partial charge on any atom is -0.378 e. The Labute approximate surface area is 107 Å².